The maximum atomic E-state index is 14.9. The summed E-state index contributed by atoms with van der Waals surface area (Å²) in [5, 5.41) is 10.9. The summed E-state index contributed by atoms with van der Waals surface area (Å²) in [7, 11) is 0. The predicted molar refractivity (Wildman–Crippen MR) is 83.0 cm³/mol. The van der Waals surface area contributed by atoms with E-state index < -0.39 is 92.3 Å². The van der Waals surface area contributed by atoms with Gasteiger partial charge < -0.3 is 0 Å². The van der Waals surface area contributed by atoms with Crippen LogP contribution in [0.4, 0.5) is 79.0 Å². The smallest absolute Gasteiger partial charge is 0.218 e. The fraction of sp³-hybridized carbons (Fsp3) is 0.333. The molecule has 2 aromatic rings. The molecule has 0 aliphatic heterocycles. The van der Waals surface area contributed by atoms with Gasteiger partial charge in [0, 0.05) is 21.9 Å². The molecule has 38 heavy (non-hydrogen) atoms. The molecule has 20 heteroatoms. The van der Waals surface area contributed by atoms with Crippen molar-refractivity contribution in [1.82, 2.24) is 0 Å². The van der Waals surface area contributed by atoms with Gasteiger partial charge in [0.2, 0.25) is 0 Å². The topological polar surface area (TPSA) is 47.6 Å². The molecule has 0 fully saturated rings. The third-order valence-corrected chi connectivity index (χ3v) is 4.99. The van der Waals surface area contributed by atoms with Gasteiger partial charge >= 0.3 is 36.0 Å². The summed E-state index contributed by atoms with van der Waals surface area (Å²) < 4.78 is 247. The van der Waals surface area contributed by atoms with Gasteiger partial charge in [0.1, 0.15) is 12.1 Å². The van der Waals surface area contributed by atoms with Gasteiger partial charge in [0.05, 0.1) is 11.1 Å². The first kappa shape index (κ1) is 30.6. The van der Waals surface area contributed by atoms with E-state index in [9.17, 15) is 79.0 Å². The molecule has 0 atom stereocenters. The molecule has 0 aromatic heterocycles. The van der Waals surface area contributed by atoms with Crippen LogP contribution in [0, 0.1) is 45.9 Å². The van der Waals surface area contributed by atoms with Crippen LogP contribution in [0.15, 0.2) is 0 Å². The third-order valence-electron chi connectivity index (χ3n) is 4.99. The molecule has 0 bridgehead atoms. The standard InChI is InChI=1S/C18F18N2/c19-9-5-6(10(20)12(22)11(9)21)8(14(24,17(31,32)33)18(34,35)36)4(2-38)3(1-37)7(5)13(23,15(25,26)27)16(28,29)30. The molecule has 2 aromatic carbocycles. The van der Waals surface area contributed by atoms with Crippen molar-refractivity contribution < 1.29 is 79.0 Å². The Labute approximate surface area is 195 Å². The monoisotopic (exact) mass is 586 g/mol. The van der Waals surface area contributed by atoms with Gasteiger partial charge in [-0.05, 0) is 0 Å². The van der Waals surface area contributed by atoms with E-state index in [1.165, 1.54) is 0 Å². The van der Waals surface area contributed by atoms with Crippen LogP contribution in [0.25, 0.3) is 10.8 Å². The van der Waals surface area contributed by atoms with Crippen molar-refractivity contribution in [2.75, 3.05) is 0 Å². The molecule has 0 amide bonds. The van der Waals surface area contributed by atoms with E-state index >= 15 is 0 Å². The highest BCUT2D eigenvalue weighted by Gasteiger charge is 2.77. The van der Waals surface area contributed by atoms with E-state index in [1.807, 2.05) is 0 Å². The van der Waals surface area contributed by atoms with Crippen molar-refractivity contribution in [3.63, 3.8) is 0 Å². The van der Waals surface area contributed by atoms with Crippen LogP contribution in [-0.2, 0) is 11.3 Å². The highest BCUT2D eigenvalue weighted by Crippen LogP contribution is 2.61. The van der Waals surface area contributed by atoms with E-state index in [-0.39, 0.29) is 12.1 Å². The average molecular weight is 586 g/mol. The normalized spacial score (nSPS) is 14.0. The van der Waals surface area contributed by atoms with Gasteiger partial charge in [0.25, 0.3) is 0 Å². The lowest BCUT2D eigenvalue weighted by molar-refractivity contribution is -0.350. The summed E-state index contributed by atoms with van der Waals surface area (Å²) >= 11 is 0. The van der Waals surface area contributed by atoms with Crippen LogP contribution in [-0.4, -0.2) is 24.7 Å². The van der Waals surface area contributed by atoms with Crippen LogP contribution in [0.1, 0.15) is 22.3 Å². The van der Waals surface area contributed by atoms with Crippen LogP contribution in [0.5, 0.6) is 0 Å². The lowest BCUT2D eigenvalue weighted by Crippen LogP contribution is -2.53. The number of nitriles is 2. The molecular formula is C18F18N2. The maximum Gasteiger partial charge on any atom is 0.436 e. The summed E-state index contributed by atoms with van der Waals surface area (Å²) in [6, 6.07) is -0.0318. The molecule has 2 nitrogen and oxygen atoms in total. The summed E-state index contributed by atoms with van der Waals surface area (Å²) in [4.78, 5) is 0. The summed E-state index contributed by atoms with van der Waals surface area (Å²) in [6.45, 7) is 0. The molecule has 0 heterocycles. The Bertz CT molecular complexity index is 1260. The molecule has 208 valence electrons. The molecule has 0 saturated heterocycles. The van der Waals surface area contributed by atoms with Crippen molar-refractivity contribution >= 4 is 10.8 Å². The first-order chi connectivity index (χ1) is 16.8. The zero-order valence-electron chi connectivity index (χ0n) is 16.7. The Morgan fingerprint density at radius 2 is 0.605 bits per heavy atom. The molecular weight excluding hydrogens is 586 g/mol. The van der Waals surface area contributed by atoms with E-state index in [4.69, 9.17) is 10.5 Å². The van der Waals surface area contributed by atoms with E-state index in [1.54, 1.807) is 0 Å². The Kier molecular flexibility index (Phi) is 6.83. The minimum absolute atomic E-state index is 0.0159. The Hall–Kier alpha value is -3.58. The second-order valence-electron chi connectivity index (χ2n) is 7.04. The second kappa shape index (κ2) is 8.46. The summed E-state index contributed by atoms with van der Waals surface area (Å²) in [6.07, 6.45) is -30.0. The van der Waals surface area contributed by atoms with E-state index in [2.05, 4.69) is 0 Å². The highest BCUT2D eigenvalue weighted by atomic mass is 19.4. The van der Waals surface area contributed by atoms with Crippen molar-refractivity contribution in [1.29, 1.82) is 10.5 Å². The Morgan fingerprint density at radius 3 is 0.763 bits per heavy atom. The summed E-state index contributed by atoms with van der Waals surface area (Å²) in [5.41, 5.74) is -28.5. The predicted octanol–water partition coefficient (Wildman–Crippen LogP) is 7.72. The number of hydrogen-bond acceptors (Lipinski definition) is 2. The third kappa shape index (κ3) is 3.75. The maximum absolute atomic E-state index is 14.9. The fourth-order valence-electron chi connectivity index (χ4n) is 3.40. The van der Waals surface area contributed by atoms with Crippen molar-refractivity contribution in [3.8, 4) is 12.1 Å². The molecule has 0 spiro atoms. The molecule has 0 unspecified atom stereocenters. The number of hydrogen-bond donors (Lipinski definition) is 0. The van der Waals surface area contributed by atoms with Crippen molar-refractivity contribution in [2.45, 2.75) is 36.0 Å². The van der Waals surface area contributed by atoms with Gasteiger partial charge in [-0.2, -0.15) is 63.2 Å². The molecule has 0 radical (unpaired) electrons. The molecule has 2 rings (SSSR count). The first-order valence-corrected chi connectivity index (χ1v) is 8.60. The molecule has 0 saturated carbocycles. The Morgan fingerprint density at radius 1 is 0.395 bits per heavy atom. The fourth-order valence-corrected chi connectivity index (χ4v) is 3.40. The number of rotatable bonds is 2. The average Bonchev–Trinajstić information content (AvgIpc) is 2.75. The van der Waals surface area contributed by atoms with Gasteiger partial charge in [-0.25, -0.2) is 26.3 Å². The van der Waals surface area contributed by atoms with Crippen LogP contribution < -0.4 is 0 Å². The number of benzene rings is 2. The van der Waals surface area contributed by atoms with Gasteiger partial charge in [-0.1, -0.05) is 0 Å². The minimum atomic E-state index is -7.51. The summed E-state index contributed by atoms with van der Waals surface area (Å²) in [5.74, 6) is -14.4. The highest BCUT2D eigenvalue weighted by molar-refractivity contribution is 5.96. The van der Waals surface area contributed by atoms with E-state index in [0.29, 0.717) is 0 Å². The van der Waals surface area contributed by atoms with Gasteiger partial charge in [-0.15, -0.1) is 0 Å². The SMILES string of the molecule is N#Cc1c(C#N)c(C(F)(C(F)(F)F)C(F)(F)F)c2c(F)c(F)c(F)c(F)c2c1C(F)(C(F)(F)F)C(F)(F)F. The zero-order valence-corrected chi connectivity index (χ0v) is 16.7. The second-order valence-corrected chi connectivity index (χ2v) is 7.04. The van der Waals surface area contributed by atoms with Crippen molar-refractivity contribution in [2.24, 2.45) is 0 Å². The molecule has 0 N–H and O–H groups in total. The minimum Gasteiger partial charge on any atom is -0.218 e. The van der Waals surface area contributed by atoms with Gasteiger partial charge in [-0.3, -0.25) is 0 Å². The van der Waals surface area contributed by atoms with Crippen LogP contribution >= 0.6 is 0 Å². The lowest BCUT2D eigenvalue weighted by atomic mass is 9.76. The number of halogens is 18. The number of fused-ring (bicyclic) bond motifs is 1. The quantitative estimate of drug-likeness (QED) is 0.206. The molecule has 0 aliphatic rings. The van der Waals surface area contributed by atoms with Crippen LogP contribution in [0.2, 0.25) is 0 Å². The lowest BCUT2D eigenvalue weighted by Gasteiger charge is -2.35. The first-order valence-electron chi connectivity index (χ1n) is 8.60. The number of alkyl halides is 14. The molecule has 0 aliphatic carbocycles. The Balaban J connectivity index is 3.74. The number of nitrogens with zero attached hydrogens (tertiary/aromatic N) is 2. The van der Waals surface area contributed by atoms with Crippen molar-refractivity contribution in [3.05, 3.63) is 45.5 Å². The van der Waals surface area contributed by atoms with Crippen LogP contribution in [0.3, 0.4) is 0 Å². The van der Waals surface area contributed by atoms with E-state index in [0.717, 1.165) is 0 Å². The largest absolute Gasteiger partial charge is 0.436 e. The van der Waals surface area contributed by atoms with Gasteiger partial charge in [0.15, 0.2) is 23.3 Å². The zero-order chi connectivity index (χ0) is 30.2.